The lowest BCUT2D eigenvalue weighted by atomic mass is 10.0. The van der Waals surface area contributed by atoms with Crippen molar-refractivity contribution in [2.45, 2.75) is 25.2 Å². The third kappa shape index (κ3) is 6.17. The molecule has 0 atom stereocenters. The first kappa shape index (κ1) is 22.1. The van der Waals surface area contributed by atoms with Gasteiger partial charge in [-0.2, -0.15) is 5.26 Å². The number of hydrogen-bond donors (Lipinski definition) is 2. The Labute approximate surface area is 170 Å². The summed E-state index contributed by atoms with van der Waals surface area (Å²) in [5.41, 5.74) is 2.67. The summed E-state index contributed by atoms with van der Waals surface area (Å²) in [5, 5.41) is 18.7. The van der Waals surface area contributed by atoms with Gasteiger partial charge in [0.15, 0.2) is 0 Å². The van der Waals surface area contributed by atoms with Crippen molar-refractivity contribution in [1.82, 2.24) is 4.72 Å². The third-order valence-electron chi connectivity index (χ3n) is 4.11. The van der Waals surface area contributed by atoms with Crippen molar-refractivity contribution in [3.05, 3.63) is 65.2 Å². The first-order chi connectivity index (χ1) is 13.8. The number of sulfonamides is 1. The van der Waals surface area contributed by atoms with Gasteiger partial charge in [0.1, 0.15) is 10.6 Å². The monoisotopic (exact) mass is 414 g/mol. The highest BCUT2D eigenvalue weighted by Gasteiger charge is 2.18. The van der Waals surface area contributed by atoms with Crippen LogP contribution in [0.4, 0.5) is 0 Å². The fourth-order valence-corrected chi connectivity index (χ4v) is 3.74. The van der Waals surface area contributed by atoms with Crippen molar-refractivity contribution in [2.75, 3.05) is 13.2 Å². The number of carbonyl (C=O) groups excluding carboxylic acids is 1. The van der Waals surface area contributed by atoms with Crippen LogP contribution in [-0.4, -0.2) is 32.6 Å². The Balaban J connectivity index is 2.00. The molecule has 0 saturated heterocycles. The lowest BCUT2D eigenvalue weighted by Gasteiger charge is -2.09. The highest BCUT2D eigenvalue weighted by Crippen LogP contribution is 2.23. The Morgan fingerprint density at radius 2 is 1.93 bits per heavy atom. The molecule has 0 radical (unpaired) electrons. The Morgan fingerprint density at radius 3 is 2.55 bits per heavy atom. The SMILES string of the molecule is CCOC(=O)/C=C(/C)c1ccc(CCNS(=O)(=O)c2cc(C#N)ccc2O)cc1. The molecule has 0 aliphatic rings. The number of ether oxygens (including phenoxy) is 1. The van der Waals surface area contributed by atoms with Gasteiger partial charge >= 0.3 is 5.97 Å². The van der Waals surface area contributed by atoms with E-state index < -0.39 is 21.7 Å². The summed E-state index contributed by atoms with van der Waals surface area (Å²) in [7, 11) is -3.95. The largest absolute Gasteiger partial charge is 0.507 e. The number of hydrogen-bond acceptors (Lipinski definition) is 6. The Kier molecular flexibility index (Phi) is 7.53. The molecule has 0 aliphatic carbocycles. The summed E-state index contributed by atoms with van der Waals surface area (Å²) < 4.78 is 32.1. The molecule has 0 amide bonds. The molecular formula is C21H22N2O5S. The van der Waals surface area contributed by atoms with Crippen molar-refractivity contribution >= 4 is 21.6 Å². The molecule has 8 heteroatoms. The number of phenolic OH excluding ortho intramolecular Hbond substituents is 1. The maximum Gasteiger partial charge on any atom is 0.331 e. The van der Waals surface area contributed by atoms with E-state index in [0.717, 1.165) is 22.8 Å². The number of allylic oxidation sites excluding steroid dienone is 1. The minimum absolute atomic E-state index is 0.121. The first-order valence-electron chi connectivity index (χ1n) is 8.94. The predicted molar refractivity (Wildman–Crippen MR) is 108 cm³/mol. The van der Waals surface area contributed by atoms with E-state index in [1.54, 1.807) is 6.92 Å². The lowest BCUT2D eigenvalue weighted by molar-refractivity contribution is -0.137. The van der Waals surface area contributed by atoms with E-state index in [9.17, 15) is 18.3 Å². The summed E-state index contributed by atoms with van der Waals surface area (Å²) >= 11 is 0. The topological polar surface area (TPSA) is 116 Å². The van der Waals surface area contributed by atoms with Crippen LogP contribution in [0.5, 0.6) is 5.75 Å². The zero-order valence-corrected chi connectivity index (χ0v) is 17.0. The van der Waals surface area contributed by atoms with E-state index in [2.05, 4.69) is 4.72 Å². The minimum atomic E-state index is -3.95. The Morgan fingerprint density at radius 1 is 1.24 bits per heavy atom. The van der Waals surface area contributed by atoms with Crippen molar-refractivity contribution in [2.24, 2.45) is 0 Å². The molecule has 29 heavy (non-hydrogen) atoms. The number of nitriles is 1. The van der Waals surface area contributed by atoms with E-state index in [0.29, 0.717) is 13.0 Å². The molecule has 0 heterocycles. The van der Waals surface area contributed by atoms with Gasteiger partial charge in [0.05, 0.1) is 18.2 Å². The molecule has 2 aromatic carbocycles. The number of nitrogens with one attached hydrogen (secondary N) is 1. The first-order valence-corrected chi connectivity index (χ1v) is 10.4. The molecule has 0 aromatic heterocycles. The fourth-order valence-electron chi connectivity index (χ4n) is 2.58. The van der Waals surface area contributed by atoms with E-state index in [-0.39, 0.29) is 17.0 Å². The lowest BCUT2D eigenvalue weighted by Crippen LogP contribution is -2.26. The van der Waals surface area contributed by atoms with Crippen molar-refractivity contribution < 1.29 is 23.1 Å². The number of aromatic hydroxyl groups is 1. The molecule has 2 aromatic rings. The van der Waals surface area contributed by atoms with Crippen molar-refractivity contribution in [3.8, 4) is 11.8 Å². The number of rotatable bonds is 8. The molecule has 0 bridgehead atoms. The van der Waals surface area contributed by atoms with Gasteiger partial charge in [-0.05, 0) is 55.2 Å². The molecule has 0 saturated carbocycles. The third-order valence-corrected chi connectivity index (χ3v) is 5.60. The molecule has 2 rings (SSSR count). The van der Waals surface area contributed by atoms with Crippen LogP contribution >= 0.6 is 0 Å². The number of nitrogens with zero attached hydrogens (tertiary/aromatic N) is 1. The summed E-state index contributed by atoms with van der Waals surface area (Å²) in [6.45, 7) is 3.99. The Bertz CT molecular complexity index is 1050. The molecule has 7 nitrogen and oxygen atoms in total. The summed E-state index contributed by atoms with van der Waals surface area (Å²) in [4.78, 5) is 11.2. The second-order valence-corrected chi connectivity index (χ2v) is 7.95. The van der Waals surface area contributed by atoms with E-state index in [4.69, 9.17) is 10.00 Å². The molecule has 2 N–H and O–H groups in total. The quantitative estimate of drug-likeness (QED) is 0.507. The van der Waals surface area contributed by atoms with E-state index in [1.807, 2.05) is 37.3 Å². The maximum absolute atomic E-state index is 12.4. The number of benzene rings is 2. The highest BCUT2D eigenvalue weighted by atomic mass is 32.2. The van der Waals surface area contributed by atoms with Gasteiger partial charge in [0, 0.05) is 12.6 Å². The molecule has 0 fully saturated rings. The minimum Gasteiger partial charge on any atom is -0.507 e. The molecule has 0 spiro atoms. The predicted octanol–water partition coefficient (Wildman–Crippen LogP) is 2.75. The molecular weight excluding hydrogens is 392 g/mol. The average Bonchev–Trinajstić information content (AvgIpc) is 2.68. The van der Waals surface area contributed by atoms with Crippen LogP contribution in [0.15, 0.2) is 53.4 Å². The van der Waals surface area contributed by atoms with Gasteiger partial charge in [-0.25, -0.2) is 17.9 Å². The van der Waals surface area contributed by atoms with Crippen LogP contribution < -0.4 is 4.72 Å². The standard InChI is InChI=1S/C21H22N2O5S/c1-3-28-21(25)12-15(2)18-7-4-16(5-8-18)10-11-23-29(26,27)20-13-17(14-22)6-9-19(20)24/h4-9,12-13,23-24H,3,10-11H2,1-2H3/b15-12-. The van der Waals surface area contributed by atoms with Crippen molar-refractivity contribution in [3.63, 3.8) is 0 Å². The second-order valence-electron chi connectivity index (χ2n) is 6.22. The second kappa shape index (κ2) is 9.87. The fraction of sp³-hybridized carbons (Fsp3) is 0.238. The maximum atomic E-state index is 12.4. The van der Waals surface area contributed by atoms with Gasteiger partial charge in [0.25, 0.3) is 0 Å². The number of esters is 1. The van der Waals surface area contributed by atoms with Crippen molar-refractivity contribution in [1.29, 1.82) is 5.26 Å². The summed E-state index contributed by atoms with van der Waals surface area (Å²) in [6, 6.07) is 12.9. The van der Waals surface area contributed by atoms with Crippen LogP contribution in [0, 0.1) is 11.3 Å². The van der Waals surface area contributed by atoms with E-state index in [1.165, 1.54) is 18.2 Å². The van der Waals surface area contributed by atoms with Crippen LogP contribution in [0.25, 0.3) is 5.57 Å². The van der Waals surface area contributed by atoms with Crippen LogP contribution in [0.2, 0.25) is 0 Å². The highest BCUT2D eigenvalue weighted by molar-refractivity contribution is 7.89. The smallest absolute Gasteiger partial charge is 0.331 e. The summed E-state index contributed by atoms with van der Waals surface area (Å²) in [5.74, 6) is -0.808. The van der Waals surface area contributed by atoms with Gasteiger partial charge in [-0.1, -0.05) is 24.3 Å². The number of phenols is 1. The Hall–Kier alpha value is -3.15. The van der Waals surface area contributed by atoms with Gasteiger partial charge in [0.2, 0.25) is 10.0 Å². The number of carbonyl (C=O) groups is 1. The van der Waals surface area contributed by atoms with Crippen LogP contribution in [0.3, 0.4) is 0 Å². The summed E-state index contributed by atoms with van der Waals surface area (Å²) in [6.07, 6.45) is 1.85. The van der Waals surface area contributed by atoms with Crippen LogP contribution in [0.1, 0.15) is 30.5 Å². The van der Waals surface area contributed by atoms with Gasteiger partial charge < -0.3 is 9.84 Å². The van der Waals surface area contributed by atoms with Gasteiger partial charge in [-0.15, -0.1) is 0 Å². The molecule has 152 valence electrons. The molecule has 0 unspecified atom stereocenters. The zero-order chi connectivity index (χ0) is 21.4. The van der Waals surface area contributed by atoms with Gasteiger partial charge in [-0.3, -0.25) is 0 Å². The van der Waals surface area contributed by atoms with Crippen LogP contribution in [-0.2, 0) is 26.0 Å². The van der Waals surface area contributed by atoms with E-state index >= 15 is 0 Å². The normalized spacial score (nSPS) is 11.7. The molecule has 0 aliphatic heterocycles. The zero-order valence-electron chi connectivity index (χ0n) is 16.2. The average molecular weight is 414 g/mol.